The topological polar surface area (TPSA) is 66.8 Å². The fraction of sp³-hybridized carbons (Fsp3) is 0.500. The molecule has 1 aliphatic rings. The molecule has 0 bridgehead atoms. The van der Waals surface area contributed by atoms with Crippen LogP contribution in [0.2, 0.25) is 0 Å². The minimum atomic E-state index is -0.854. The molecule has 120 valence electrons. The van der Waals surface area contributed by atoms with Gasteiger partial charge in [0.15, 0.2) is 0 Å². The first-order valence-corrected chi connectivity index (χ1v) is 7.95. The molecule has 0 radical (unpaired) electrons. The number of nitrogens with zero attached hydrogens (tertiary/aromatic N) is 1. The summed E-state index contributed by atoms with van der Waals surface area (Å²) in [6, 6.07) is 9.65. The molecule has 1 aromatic rings. The Morgan fingerprint density at radius 3 is 2.36 bits per heavy atom. The zero-order chi connectivity index (χ0) is 16.4. The molecule has 0 aliphatic carbocycles. The number of carboxylic acids is 1. The molecule has 0 spiro atoms. The number of hydrogen-bond acceptors (Lipinski definition) is 4. The van der Waals surface area contributed by atoms with Crippen LogP contribution in [0, 0.1) is 0 Å². The monoisotopic (exact) mass is 323 g/mol. The van der Waals surface area contributed by atoms with Crippen LogP contribution in [-0.4, -0.2) is 45.5 Å². The van der Waals surface area contributed by atoms with Gasteiger partial charge in [-0.1, -0.05) is 18.2 Å². The van der Waals surface area contributed by atoms with E-state index in [1.807, 2.05) is 51.1 Å². The molecule has 0 unspecified atom stereocenters. The van der Waals surface area contributed by atoms with Crippen LogP contribution in [0.15, 0.2) is 35.2 Å². The maximum atomic E-state index is 12.0. The van der Waals surface area contributed by atoms with Gasteiger partial charge >= 0.3 is 12.1 Å². The van der Waals surface area contributed by atoms with Gasteiger partial charge in [-0.3, -0.25) is 4.79 Å². The number of amides is 1. The van der Waals surface area contributed by atoms with E-state index >= 15 is 0 Å². The summed E-state index contributed by atoms with van der Waals surface area (Å²) in [5.41, 5.74) is -0.547. The molecule has 1 amide bonds. The molecule has 1 fully saturated rings. The maximum Gasteiger partial charge on any atom is 0.410 e. The number of carbonyl (C=O) groups excluding carboxylic acids is 1. The lowest BCUT2D eigenvalue weighted by atomic mass is 9.95. The van der Waals surface area contributed by atoms with Crippen LogP contribution in [0.5, 0.6) is 0 Å². The second kappa shape index (κ2) is 6.20. The molecule has 1 N–H and O–H groups in total. The molecule has 22 heavy (non-hydrogen) atoms. The molecule has 1 saturated heterocycles. The third kappa shape index (κ3) is 4.40. The summed E-state index contributed by atoms with van der Waals surface area (Å²) in [5, 5.41) is 9.16. The van der Waals surface area contributed by atoms with Gasteiger partial charge in [-0.15, -0.1) is 11.8 Å². The largest absolute Gasteiger partial charge is 0.481 e. The fourth-order valence-electron chi connectivity index (χ4n) is 2.33. The minimum absolute atomic E-state index is 0.0197. The molecule has 0 saturated carbocycles. The average Bonchev–Trinajstić information content (AvgIpc) is 2.33. The summed E-state index contributed by atoms with van der Waals surface area (Å²) >= 11 is 1.52. The van der Waals surface area contributed by atoms with Gasteiger partial charge in [0.25, 0.3) is 0 Å². The van der Waals surface area contributed by atoms with Gasteiger partial charge in [0.1, 0.15) is 5.60 Å². The van der Waals surface area contributed by atoms with E-state index in [2.05, 4.69) is 0 Å². The number of likely N-dealkylation sites (tertiary alicyclic amines) is 1. The van der Waals surface area contributed by atoms with Crippen molar-refractivity contribution in [3.8, 4) is 0 Å². The molecule has 1 aliphatic heterocycles. The SMILES string of the molecule is CC(C)(C)OC(=O)N1CC(CC(=O)O)(Sc2ccccc2)C1. The molecule has 1 aromatic carbocycles. The Balaban J connectivity index is 2.02. The summed E-state index contributed by atoms with van der Waals surface area (Å²) in [6.45, 7) is 6.21. The van der Waals surface area contributed by atoms with Crippen LogP contribution in [0.4, 0.5) is 4.79 Å². The zero-order valence-corrected chi connectivity index (χ0v) is 13.9. The highest BCUT2D eigenvalue weighted by molar-refractivity contribution is 8.00. The van der Waals surface area contributed by atoms with E-state index in [1.54, 1.807) is 4.90 Å². The van der Waals surface area contributed by atoms with Crippen molar-refractivity contribution in [2.24, 2.45) is 0 Å². The fourth-order valence-corrected chi connectivity index (χ4v) is 3.76. The smallest absolute Gasteiger partial charge is 0.410 e. The van der Waals surface area contributed by atoms with Gasteiger partial charge in [0.2, 0.25) is 0 Å². The van der Waals surface area contributed by atoms with E-state index in [1.165, 1.54) is 11.8 Å². The number of carboxylic acid groups (broad SMARTS) is 1. The molecule has 0 aromatic heterocycles. The van der Waals surface area contributed by atoms with Gasteiger partial charge < -0.3 is 14.7 Å². The molecular weight excluding hydrogens is 302 g/mol. The number of aliphatic carboxylic acids is 1. The zero-order valence-electron chi connectivity index (χ0n) is 13.0. The molecule has 0 atom stereocenters. The highest BCUT2D eigenvalue weighted by Gasteiger charge is 2.48. The lowest BCUT2D eigenvalue weighted by molar-refractivity contribution is -0.138. The van der Waals surface area contributed by atoms with Crippen molar-refractivity contribution in [2.45, 2.75) is 42.4 Å². The molecule has 2 rings (SSSR count). The summed E-state index contributed by atoms with van der Waals surface area (Å²) < 4.78 is 4.84. The molecular formula is C16H21NO4S. The molecule has 6 heteroatoms. The van der Waals surface area contributed by atoms with Gasteiger partial charge in [-0.05, 0) is 32.9 Å². The van der Waals surface area contributed by atoms with Crippen molar-refractivity contribution in [2.75, 3.05) is 13.1 Å². The summed E-state index contributed by atoms with van der Waals surface area (Å²) in [5.74, 6) is -0.854. The maximum absolute atomic E-state index is 12.0. The number of thioether (sulfide) groups is 1. The summed E-state index contributed by atoms with van der Waals surface area (Å²) in [6.07, 6.45) is -0.367. The first-order valence-electron chi connectivity index (χ1n) is 7.13. The van der Waals surface area contributed by atoms with Crippen LogP contribution < -0.4 is 0 Å². The van der Waals surface area contributed by atoms with Gasteiger partial charge in [-0.2, -0.15) is 0 Å². The van der Waals surface area contributed by atoms with Gasteiger partial charge in [0.05, 0.1) is 11.2 Å². The second-order valence-electron chi connectivity index (χ2n) is 6.51. The minimum Gasteiger partial charge on any atom is -0.481 e. The Labute approximate surface area is 134 Å². The Morgan fingerprint density at radius 1 is 1.27 bits per heavy atom. The Hall–Kier alpha value is -1.69. The van der Waals surface area contributed by atoms with Crippen molar-refractivity contribution in [3.05, 3.63) is 30.3 Å². The predicted molar refractivity (Wildman–Crippen MR) is 85.1 cm³/mol. The van der Waals surface area contributed by atoms with Crippen molar-refractivity contribution in [3.63, 3.8) is 0 Å². The van der Waals surface area contributed by atoms with Crippen LogP contribution in [-0.2, 0) is 9.53 Å². The van der Waals surface area contributed by atoms with Crippen LogP contribution in [0.25, 0.3) is 0 Å². The van der Waals surface area contributed by atoms with E-state index in [4.69, 9.17) is 9.84 Å². The third-order valence-corrected chi connectivity index (χ3v) is 4.50. The van der Waals surface area contributed by atoms with E-state index in [-0.39, 0.29) is 12.5 Å². The van der Waals surface area contributed by atoms with E-state index in [9.17, 15) is 9.59 Å². The number of ether oxygens (including phenoxy) is 1. The van der Waals surface area contributed by atoms with Crippen LogP contribution >= 0.6 is 11.8 Å². The average molecular weight is 323 g/mol. The highest BCUT2D eigenvalue weighted by Crippen LogP contribution is 2.43. The number of hydrogen-bond donors (Lipinski definition) is 1. The normalized spacial score (nSPS) is 16.8. The molecule has 5 nitrogen and oxygen atoms in total. The Kier molecular flexibility index (Phi) is 4.70. The van der Waals surface area contributed by atoms with Crippen molar-refractivity contribution < 1.29 is 19.4 Å². The Morgan fingerprint density at radius 2 is 1.86 bits per heavy atom. The van der Waals surface area contributed by atoms with E-state index < -0.39 is 16.3 Å². The van der Waals surface area contributed by atoms with Crippen LogP contribution in [0.3, 0.4) is 0 Å². The second-order valence-corrected chi connectivity index (χ2v) is 8.05. The molecule has 1 heterocycles. The van der Waals surface area contributed by atoms with Gasteiger partial charge in [-0.25, -0.2) is 4.79 Å². The van der Waals surface area contributed by atoms with Crippen molar-refractivity contribution in [1.29, 1.82) is 0 Å². The highest BCUT2D eigenvalue weighted by atomic mass is 32.2. The standard InChI is InChI=1S/C16H21NO4S/c1-15(2,3)21-14(20)17-10-16(11-17,9-13(18)19)22-12-7-5-4-6-8-12/h4-8H,9-11H2,1-3H3,(H,18,19). The number of carbonyl (C=O) groups is 2. The quantitative estimate of drug-likeness (QED) is 0.921. The van der Waals surface area contributed by atoms with Crippen LogP contribution in [0.1, 0.15) is 27.2 Å². The summed E-state index contributed by atoms with van der Waals surface area (Å²) in [4.78, 5) is 25.7. The lowest BCUT2D eigenvalue weighted by Gasteiger charge is -2.48. The third-order valence-electron chi connectivity index (χ3n) is 3.16. The first kappa shape index (κ1) is 16.7. The first-order chi connectivity index (χ1) is 10.2. The number of rotatable bonds is 4. The lowest BCUT2D eigenvalue weighted by Crippen LogP contribution is -2.62. The van der Waals surface area contributed by atoms with Crippen molar-refractivity contribution >= 4 is 23.8 Å². The predicted octanol–water partition coefficient (Wildman–Crippen LogP) is 3.24. The Bertz CT molecular complexity index is 547. The van der Waals surface area contributed by atoms with E-state index in [0.717, 1.165) is 4.90 Å². The number of benzene rings is 1. The van der Waals surface area contributed by atoms with Gasteiger partial charge in [0, 0.05) is 18.0 Å². The van der Waals surface area contributed by atoms with E-state index in [0.29, 0.717) is 13.1 Å². The van der Waals surface area contributed by atoms with Crippen molar-refractivity contribution in [1.82, 2.24) is 4.90 Å². The summed E-state index contributed by atoms with van der Waals surface area (Å²) in [7, 11) is 0.